The number of fused-ring (bicyclic) bond motifs is 2. The summed E-state index contributed by atoms with van der Waals surface area (Å²) >= 11 is 6.12. The van der Waals surface area contributed by atoms with Crippen molar-refractivity contribution in [3.05, 3.63) is 34.6 Å². The Morgan fingerprint density at radius 3 is 2.50 bits per heavy atom. The first-order chi connectivity index (χ1) is 7.72. The maximum atomic E-state index is 13.0. The molecule has 2 aliphatic heterocycles. The van der Waals surface area contributed by atoms with E-state index in [0.29, 0.717) is 23.0 Å². The molecule has 2 bridgehead atoms. The summed E-state index contributed by atoms with van der Waals surface area (Å²) in [7, 11) is 0. The molecule has 2 atom stereocenters. The lowest BCUT2D eigenvalue weighted by Crippen LogP contribution is -2.37. The summed E-state index contributed by atoms with van der Waals surface area (Å²) < 4.78 is 13.0. The van der Waals surface area contributed by atoms with E-state index in [1.165, 1.54) is 25.0 Å². The normalized spacial score (nSPS) is 33.0. The van der Waals surface area contributed by atoms with Crippen LogP contribution in [0.2, 0.25) is 5.02 Å². The van der Waals surface area contributed by atoms with E-state index >= 15 is 0 Å². The van der Waals surface area contributed by atoms with E-state index in [1.54, 1.807) is 0 Å². The van der Waals surface area contributed by atoms with Gasteiger partial charge in [-0.3, -0.25) is 0 Å². The molecule has 2 fully saturated rings. The first-order valence-corrected chi connectivity index (χ1v) is 6.31. The molecule has 0 spiro atoms. The average Bonchev–Trinajstić information content (AvgIpc) is 2.58. The fraction of sp³-hybridized carbons (Fsp3) is 0.538. The van der Waals surface area contributed by atoms with Crippen LogP contribution in [0.25, 0.3) is 0 Å². The zero-order chi connectivity index (χ0) is 11.1. The summed E-state index contributed by atoms with van der Waals surface area (Å²) in [6.07, 6.45) is 4.84. The van der Waals surface area contributed by atoms with Crippen LogP contribution in [-0.2, 0) is 0 Å². The third-order valence-corrected chi connectivity index (χ3v) is 4.20. The first-order valence-electron chi connectivity index (χ1n) is 5.93. The van der Waals surface area contributed by atoms with Crippen molar-refractivity contribution in [2.45, 2.75) is 43.7 Å². The van der Waals surface area contributed by atoms with E-state index in [2.05, 4.69) is 5.32 Å². The Kier molecular flexibility index (Phi) is 2.64. The fourth-order valence-corrected chi connectivity index (χ4v) is 3.47. The number of nitrogens with one attached hydrogen (secondary N) is 1. The third-order valence-electron chi connectivity index (χ3n) is 3.88. The molecule has 2 heterocycles. The highest BCUT2D eigenvalue weighted by molar-refractivity contribution is 6.31. The molecule has 1 nitrogen and oxygen atoms in total. The summed E-state index contributed by atoms with van der Waals surface area (Å²) in [5.74, 6) is 0.262. The zero-order valence-electron chi connectivity index (χ0n) is 9.05. The van der Waals surface area contributed by atoms with Gasteiger partial charge in [0.2, 0.25) is 0 Å². The van der Waals surface area contributed by atoms with Gasteiger partial charge in [-0.05, 0) is 49.3 Å². The quantitative estimate of drug-likeness (QED) is 0.791. The second-order valence-corrected chi connectivity index (χ2v) is 5.38. The van der Waals surface area contributed by atoms with E-state index in [9.17, 15) is 4.39 Å². The van der Waals surface area contributed by atoms with Crippen molar-refractivity contribution >= 4 is 11.6 Å². The molecule has 3 heteroatoms. The topological polar surface area (TPSA) is 12.0 Å². The Bertz CT molecular complexity index is 395. The first kappa shape index (κ1) is 10.5. The standard InChI is InChI=1S/C13H15ClFN/c14-13-7-9(15)1-4-12(13)8-5-10-2-3-11(6-8)16-10/h1,4,7-8,10-11,16H,2-3,5-6H2. The molecule has 0 aromatic heterocycles. The van der Waals surface area contributed by atoms with Crippen molar-refractivity contribution in [1.29, 1.82) is 0 Å². The van der Waals surface area contributed by atoms with E-state index in [4.69, 9.17) is 11.6 Å². The van der Waals surface area contributed by atoms with Gasteiger partial charge in [0.25, 0.3) is 0 Å². The number of rotatable bonds is 1. The molecule has 0 saturated carbocycles. The number of piperidine rings is 1. The fourth-order valence-electron chi connectivity index (χ4n) is 3.14. The molecule has 16 heavy (non-hydrogen) atoms. The van der Waals surface area contributed by atoms with Crippen molar-refractivity contribution in [1.82, 2.24) is 5.32 Å². The summed E-state index contributed by atoms with van der Waals surface area (Å²) in [6.45, 7) is 0. The van der Waals surface area contributed by atoms with Crippen molar-refractivity contribution in [2.75, 3.05) is 0 Å². The number of halogens is 2. The highest BCUT2D eigenvalue weighted by Gasteiger charge is 2.34. The van der Waals surface area contributed by atoms with Gasteiger partial charge < -0.3 is 5.32 Å². The molecule has 86 valence electrons. The van der Waals surface area contributed by atoms with Gasteiger partial charge in [-0.2, -0.15) is 0 Å². The van der Waals surface area contributed by atoms with Crippen LogP contribution in [0.1, 0.15) is 37.2 Å². The largest absolute Gasteiger partial charge is 0.311 e. The van der Waals surface area contributed by atoms with Gasteiger partial charge >= 0.3 is 0 Å². The lowest BCUT2D eigenvalue weighted by Gasteiger charge is -2.29. The van der Waals surface area contributed by atoms with Gasteiger partial charge in [0, 0.05) is 17.1 Å². The summed E-state index contributed by atoms with van der Waals surface area (Å²) in [6, 6.07) is 6.09. The molecule has 0 radical (unpaired) electrons. The molecule has 2 saturated heterocycles. The molecule has 2 aliphatic rings. The van der Waals surface area contributed by atoms with Gasteiger partial charge in [-0.1, -0.05) is 17.7 Å². The highest BCUT2D eigenvalue weighted by Crippen LogP contribution is 2.39. The maximum Gasteiger partial charge on any atom is 0.124 e. The minimum Gasteiger partial charge on any atom is -0.311 e. The minimum absolute atomic E-state index is 0.245. The summed E-state index contributed by atoms with van der Waals surface area (Å²) in [4.78, 5) is 0. The van der Waals surface area contributed by atoms with Crippen LogP contribution in [0.5, 0.6) is 0 Å². The minimum atomic E-state index is -0.245. The Labute approximate surface area is 100.0 Å². The molecular weight excluding hydrogens is 225 g/mol. The third kappa shape index (κ3) is 1.85. The lowest BCUT2D eigenvalue weighted by atomic mass is 9.86. The highest BCUT2D eigenvalue weighted by atomic mass is 35.5. The summed E-state index contributed by atoms with van der Waals surface area (Å²) in [5.41, 5.74) is 1.13. The summed E-state index contributed by atoms with van der Waals surface area (Å²) in [5, 5.41) is 4.19. The zero-order valence-corrected chi connectivity index (χ0v) is 9.80. The molecule has 2 unspecified atom stereocenters. The predicted octanol–water partition coefficient (Wildman–Crippen LogP) is 3.48. The smallest absolute Gasteiger partial charge is 0.124 e. The van der Waals surface area contributed by atoms with Crippen LogP contribution in [-0.4, -0.2) is 12.1 Å². The molecule has 1 N–H and O–H groups in total. The Balaban J connectivity index is 1.87. The molecule has 3 rings (SSSR count). The molecule has 1 aromatic rings. The van der Waals surface area contributed by atoms with Gasteiger partial charge in [0.15, 0.2) is 0 Å². The maximum absolute atomic E-state index is 13.0. The van der Waals surface area contributed by atoms with Gasteiger partial charge in [0.1, 0.15) is 5.82 Å². The van der Waals surface area contributed by atoms with Crippen molar-refractivity contribution < 1.29 is 4.39 Å². The SMILES string of the molecule is Fc1ccc(C2CC3CCC(C2)N3)c(Cl)c1. The lowest BCUT2D eigenvalue weighted by molar-refractivity contribution is 0.363. The average molecular weight is 240 g/mol. The molecule has 0 amide bonds. The van der Waals surface area contributed by atoms with Crippen molar-refractivity contribution in [3.63, 3.8) is 0 Å². The predicted molar refractivity (Wildman–Crippen MR) is 63.3 cm³/mol. The van der Waals surface area contributed by atoms with Gasteiger partial charge in [0.05, 0.1) is 0 Å². The van der Waals surface area contributed by atoms with Crippen LogP contribution in [0.4, 0.5) is 4.39 Å². The van der Waals surface area contributed by atoms with Gasteiger partial charge in [-0.25, -0.2) is 4.39 Å². The van der Waals surface area contributed by atoms with Crippen LogP contribution in [0.3, 0.4) is 0 Å². The van der Waals surface area contributed by atoms with E-state index in [0.717, 1.165) is 18.4 Å². The van der Waals surface area contributed by atoms with Crippen molar-refractivity contribution in [3.8, 4) is 0 Å². The van der Waals surface area contributed by atoms with Crippen LogP contribution >= 0.6 is 11.6 Å². The van der Waals surface area contributed by atoms with E-state index in [-0.39, 0.29) is 5.82 Å². The van der Waals surface area contributed by atoms with E-state index < -0.39 is 0 Å². The second kappa shape index (κ2) is 4.01. The monoisotopic (exact) mass is 239 g/mol. The van der Waals surface area contributed by atoms with Crippen molar-refractivity contribution in [2.24, 2.45) is 0 Å². The number of hydrogen-bond acceptors (Lipinski definition) is 1. The Morgan fingerprint density at radius 1 is 1.19 bits per heavy atom. The second-order valence-electron chi connectivity index (χ2n) is 4.97. The molecule has 1 aromatic carbocycles. The molecule has 0 aliphatic carbocycles. The Morgan fingerprint density at radius 2 is 1.88 bits per heavy atom. The van der Waals surface area contributed by atoms with Crippen LogP contribution < -0.4 is 5.32 Å². The van der Waals surface area contributed by atoms with E-state index in [1.807, 2.05) is 6.07 Å². The Hall–Kier alpha value is -0.600. The van der Waals surface area contributed by atoms with Crippen LogP contribution in [0.15, 0.2) is 18.2 Å². The van der Waals surface area contributed by atoms with Gasteiger partial charge in [-0.15, -0.1) is 0 Å². The molecular formula is C13H15ClFN. The number of benzene rings is 1. The van der Waals surface area contributed by atoms with Crippen LogP contribution in [0, 0.1) is 5.82 Å². The number of hydrogen-bond donors (Lipinski definition) is 1.